The number of nitrogens with one attached hydrogen (secondary N) is 2. The SMILES string of the molecule is COc1ccc(S(=O)(=O)NC(Cc2ccccc2)C(=O)Nc2cccc(C)c2C)cc1C. The van der Waals surface area contributed by atoms with E-state index in [0.29, 0.717) is 17.0 Å². The molecule has 3 rings (SSSR count). The number of hydrogen-bond donors (Lipinski definition) is 2. The van der Waals surface area contributed by atoms with Crippen LogP contribution in [0, 0.1) is 20.8 Å². The number of carbonyl (C=O) groups excluding carboxylic acids is 1. The molecule has 0 aliphatic rings. The number of hydrogen-bond acceptors (Lipinski definition) is 4. The third-order valence-electron chi connectivity index (χ3n) is 5.44. The Kier molecular flexibility index (Phi) is 7.33. The van der Waals surface area contributed by atoms with Gasteiger partial charge in [0.1, 0.15) is 11.8 Å². The number of methoxy groups -OCH3 is 1. The van der Waals surface area contributed by atoms with Gasteiger partial charge < -0.3 is 10.1 Å². The molecule has 32 heavy (non-hydrogen) atoms. The lowest BCUT2D eigenvalue weighted by atomic mass is 10.0. The van der Waals surface area contributed by atoms with Crippen LogP contribution >= 0.6 is 0 Å². The van der Waals surface area contributed by atoms with Crippen molar-refractivity contribution in [3.05, 3.63) is 89.0 Å². The summed E-state index contributed by atoms with van der Waals surface area (Å²) >= 11 is 0. The van der Waals surface area contributed by atoms with E-state index in [-0.39, 0.29) is 11.3 Å². The Hall–Kier alpha value is -3.16. The molecule has 1 amide bonds. The fourth-order valence-corrected chi connectivity index (χ4v) is 4.70. The molecule has 0 aliphatic heterocycles. The lowest BCUT2D eigenvalue weighted by Crippen LogP contribution is -2.45. The molecule has 0 heterocycles. The molecule has 3 aromatic carbocycles. The van der Waals surface area contributed by atoms with Gasteiger partial charge in [0.2, 0.25) is 15.9 Å². The fourth-order valence-electron chi connectivity index (χ4n) is 3.42. The highest BCUT2D eigenvalue weighted by atomic mass is 32.2. The average Bonchev–Trinajstić information content (AvgIpc) is 2.77. The van der Waals surface area contributed by atoms with Gasteiger partial charge in [0.25, 0.3) is 0 Å². The van der Waals surface area contributed by atoms with Gasteiger partial charge in [-0.05, 0) is 73.7 Å². The van der Waals surface area contributed by atoms with Crippen molar-refractivity contribution in [2.45, 2.75) is 38.1 Å². The molecule has 0 fully saturated rings. The Morgan fingerprint density at radius 3 is 2.31 bits per heavy atom. The maximum atomic E-state index is 13.2. The number of rotatable bonds is 8. The first-order valence-electron chi connectivity index (χ1n) is 10.3. The second-order valence-corrected chi connectivity index (χ2v) is 9.45. The van der Waals surface area contributed by atoms with Crippen molar-refractivity contribution in [3.8, 4) is 5.75 Å². The second-order valence-electron chi connectivity index (χ2n) is 7.73. The van der Waals surface area contributed by atoms with Crippen molar-refractivity contribution < 1.29 is 17.9 Å². The van der Waals surface area contributed by atoms with Gasteiger partial charge in [0.15, 0.2) is 0 Å². The summed E-state index contributed by atoms with van der Waals surface area (Å²) in [6, 6.07) is 18.5. The van der Waals surface area contributed by atoms with Gasteiger partial charge >= 0.3 is 0 Å². The van der Waals surface area contributed by atoms with E-state index in [4.69, 9.17) is 4.74 Å². The molecule has 7 heteroatoms. The quantitative estimate of drug-likeness (QED) is 0.538. The normalized spacial score (nSPS) is 12.2. The number of benzene rings is 3. The van der Waals surface area contributed by atoms with Gasteiger partial charge in [-0.1, -0.05) is 42.5 Å². The van der Waals surface area contributed by atoms with E-state index in [2.05, 4.69) is 10.0 Å². The number of anilines is 1. The third kappa shape index (κ3) is 5.55. The van der Waals surface area contributed by atoms with Gasteiger partial charge in [-0.2, -0.15) is 4.72 Å². The van der Waals surface area contributed by atoms with Crippen molar-refractivity contribution in [3.63, 3.8) is 0 Å². The first-order valence-corrected chi connectivity index (χ1v) is 11.8. The highest BCUT2D eigenvalue weighted by Crippen LogP contribution is 2.22. The lowest BCUT2D eigenvalue weighted by molar-refractivity contribution is -0.117. The Morgan fingerprint density at radius 1 is 0.938 bits per heavy atom. The van der Waals surface area contributed by atoms with Gasteiger partial charge in [-0.3, -0.25) is 4.79 Å². The molecule has 168 valence electrons. The van der Waals surface area contributed by atoms with Crippen LogP contribution in [0.5, 0.6) is 5.75 Å². The number of carbonyl (C=O) groups is 1. The van der Waals surface area contributed by atoms with Crippen LogP contribution in [0.1, 0.15) is 22.3 Å². The van der Waals surface area contributed by atoms with Crippen LogP contribution in [0.25, 0.3) is 0 Å². The van der Waals surface area contributed by atoms with Crippen molar-refractivity contribution in [2.75, 3.05) is 12.4 Å². The smallest absolute Gasteiger partial charge is 0.242 e. The lowest BCUT2D eigenvalue weighted by Gasteiger charge is -2.20. The summed E-state index contributed by atoms with van der Waals surface area (Å²) in [6.07, 6.45) is 0.214. The van der Waals surface area contributed by atoms with Crippen molar-refractivity contribution in [2.24, 2.45) is 0 Å². The molecular weight excluding hydrogens is 424 g/mol. The molecule has 1 unspecified atom stereocenters. The fraction of sp³-hybridized carbons (Fsp3) is 0.240. The van der Waals surface area contributed by atoms with E-state index < -0.39 is 22.0 Å². The monoisotopic (exact) mass is 452 g/mol. The molecule has 0 aromatic heterocycles. The standard InChI is InChI=1S/C25H28N2O4S/c1-17-9-8-12-22(19(17)3)26-25(28)23(16-20-10-6-5-7-11-20)27-32(29,30)21-13-14-24(31-4)18(2)15-21/h5-15,23,27H,16H2,1-4H3,(H,26,28). The highest BCUT2D eigenvalue weighted by molar-refractivity contribution is 7.89. The Labute approximate surface area is 189 Å². The van der Waals surface area contributed by atoms with E-state index in [0.717, 1.165) is 16.7 Å². The maximum absolute atomic E-state index is 13.2. The summed E-state index contributed by atoms with van der Waals surface area (Å²) in [5, 5.41) is 2.89. The third-order valence-corrected chi connectivity index (χ3v) is 6.91. The maximum Gasteiger partial charge on any atom is 0.242 e. The van der Waals surface area contributed by atoms with E-state index >= 15 is 0 Å². The predicted octanol–water partition coefficient (Wildman–Crippen LogP) is 4.15. The summed E-state index contributed by atoms with van der Waals surface area (Å²) in [6.45, 7) is 5.65. The molecule has 3 aromatic rings. The molecule has 0 spiro atoms. The summed E-state index contributed by atoms with van der Waals surface area (Å²) in [5.41, 5.74) is 4.18. The Bertz CT molecular complexity index is 1210. The minimum atomic E-state index is -3.95. The van der Waals surface area contributed by atoms with Crippen LogP contribution in [-0.2, 0) is 21.2 Å². The molecule has 2 N–H and O–H groups in total. The summed E-state index contributed by atoms with van der Waals surface area (Å²) in [5.74, 6) is 0.175. The summed E-state index contributed by atoms with van der Waals surface area (Å²) in [4.78, 5) is 13.3. The van der Waals surface area contributed by atoms with E-state index in [1.807, 2.05) is 56.3 Å². The predicted molar refractivity (Wildman–Crippen MR) is 127 cm³/mol. The van der Waals surface area contributed by atoms with Crippen molar-refractivity contribution in [1.82, 2.24) is 4.72 Å². The van der Waals surface area contributed by atoms with Crippen LogP contribution in [0.15, 0.2) is 71.6 Å². The van der Waals surface area contributed by atoms with Crippen molar-refractivity contribution >= 4 is 21.6 Å². The molecular formula is C25H28N2O4S. The molecule has 0 radical (unpaired) electrons. The molecule has 0 bridgehead atoms. The second kappa shape index (κ2) is 9.97. The highest BCUT2D eigenvalue weighted by Gasteiger charge is 2.27. The van der Waals surface area contributed by atoms with Crippen LogP contribution in [0.2, 0.25) is 0 Å². The van der Waals surface area contributed by atoms with E-state index in [1.54, 1.807) is 19.1 Å². The molecule has 0 saturated heterocycles. The first kappa shape index (κ1) is 23.5. The minimum absolute atomic E-state index is 0.0772. The van der Waals surface area contributed by atoms with Gasteiger partial charge in [0.05, 0.1) is 12.0 Å². The Balaban J connectivity index is 1.90. The van der Waals surface area contributed by atoms with Crippen LogP contribution in [0.4, 0.5) is 5.69 Å². The minimum Gasteiger partial charge on any atom is -0.496 e. The molecule has 6 nitrogen and oxygen atoms in total. The van der Waals surface area contributed by atoms with Crippen LogP contribution in [-0.4, -0.2) is 27.5 Å². The van der Waals surface area contributed by atoms with Crippen LogP contribution in [0.3, 0.4) is 0 Å². The van der Waals surface area contributed by atoms with Crippen LogP contribution < -0.4 is 14.8 Å². The van der Waals surface area contributed by atoms with E-state index in [1.165, 1.54) is 19.2 Å². The van der Waals surface area contributed by atoms with E-state index in [9.17, 15) is 13.2 Å². The summed E-state index contributed by atoms with van der Waals surface area (Å²) < 4.78 is 34.1. The van der Waals surface area contributed by atoms with Gasteiger partial charge in [-0.15, -0.1) is 0 Å². The summed E-state index contributed by atoms with van der Waals surface area (Å²) in [7, 11) is -2.42. The topological polar surface area (TPSA) is 84.5 Å². The van der Waals surface area contributed by atoms with Crippen molar-refractivity contribution in [1.29, 1.82) is 0 Å². The van der Waals surface area contributed by atoms with Gasteiger partial charge in [-0.25, -0.2) is 8.42 Å². The average molecular weight is 453 g/mol. The number of aryl methyl sites for hydroxylation is 2. The molecule has 1 atom stereocenters. The van der Waals surface area contributed by atoms with Gasteiger partial charge in [0, 0.05) is 5.69 Å². The zero-order chi connectivity index (χ0) is 23.3. The first-order chi connectivity index (χ1) is 15.2. The molecule has 0 saturated carbocycles. The number of amides is 1. The zero-order valence-corrected chi connectivity index (χ0v) is 19.5. The molecule has 0 aliphatic carbocycles. The Morgan fingerprint density at radius 2 is 1.66 bits per heavy atom. The largest absolute Gasteiger partial charge is 0.496 e. The number of sulfonamides is 1. The zero-order valence-electron chi connectivity index (χ0n) is 18.7. The number of ether oxygens (including phenoxy) is 1.